The van der Waals surface area contributed by atoms with E-state index in [2.05, 4.69) is 25.7 Å². The van der Waals surface area contributed by atoms with Crippen molar-refractivity contribution < 1.29 is 4.74 Å². The van der Waals surface area contributed by atoms with Crippen molar-refractivity contribution in [3.05, 3.63) is 0 Å². The summed E-state index contributed by atoms with van der Waals surface area (Å²) in [5.41, 5.74) is 6.00. The molecule has 2 unspecified atom stereocenters. The maximum Gasteiger partial charge on any atom is 0.0510 e. The molecule has 2 atom stereocenters. The lowest BCUT2D eigenvalue weighted by molar-refractivity contribution is 0.0952. The summed E-state index contributed by atoms with van der Waals surface area (Å²) < 4.78 is 5.51. The summed E-state index contributed by atoms with van der Waals surface area (Å²) in [6.45, 7) is 10.6. The average molecular weight is 242 g/mol. The molecule has 1 saturated heterocycles. The van der Waals surface area contributed by atoms with E-state index in [0.29, 0.717) is 18.0 Å². The SMILES string of the molecule is CCCCCN(C(C)C)C(CN)C1CCOC1. The van der Waals surface area contributed by atoms with Crippen LogP contribution in [0.5, 0.6) is 0 Å². The second-order valence-electron chi connectivity index (χ2n) is 5.47. The van der Waals surface area contributed by atoms with Crippen LogP contribution in [0, 0.1) is 5.92 Å². The lowest BCUT2D eigenvalue weighted by Gasteiger charge is -2.37. The van der Waals surface area contributed by atoms with Crippen LogP contribution >= 0.6 is 0 Å². The molecule has 0 aromatic heterocycles. The fraction of sp³-hybridized carbons (Fsp3) is 1.00. The van der Waals surface area contributed by atoms with Crippen molar-refractivity contribution in [1.29, 1.82) is 0 Å². The quantitative estimate of drug-likeness (QED) is 0.664. The van der Waals surface area contributed by atoms with Crippen molar-refractivity contribution in [3.8, 4) is 0 Å². The Morgan fingerprint density at radius 1 is 1.35 bits per heavy atom. The molecule has 1 heterocycles. The molecule has 3 nitrogen and oxygen atoms in total. The molecule has 2 N–H and O–H groups in total. The smallest absolute Gasteiger partial charge is 0.0510 e. The Morgan fingerprint density at radius 2 is 2.12 bits per heavy atom. The first-order valence-electron chi connectivity index (χ1n) is 7.24. The summed E-state index contributed by atoms with van der Waals surface area (Å²) >= 11 is 0. The highest BCUT2D eigenvalue weighted by Crippen LogP contribution is 2.22. The zero-order valence-electron chi connectivity index (χ0n) is 11.8. The topological polar surface area (TPSA) is 38.5 Å². The predicted octanol–water partition coefficient (Wildman–Crippen LogP) is 2.25. The third kappa shape index (κ3) is 4.57. The molecule has 0 aromatic carbocycles. The Labute approximate surface area is 107 Å². The molecule has 0 radical (unpaired) electrons. The van der Waals surface area contributed by atoms with Crippen LogP contribution in [0.1, 0.15) is 46.5 Å². The van der Waals surface area contributed by atoms with Gasteiger partial charge in [0.2, 0.25) is 0 Å². The zero-order valence-corrected chi connectivity index (χ0v) is 11.8. The Morgan fingerprint density at radius 3 is 2.59 bits per heavy atom. The van der Waals surface area contributed by atoms with Gasteiger partial charge in [0.05, 0.1) is 6.61 Å². The van der Waals surface area contributed by atoms with E-state index in [1.807, 2.05) is 0 Å². The van der Waals surface area contributed by atoms with Gasteiger partial charge >= 0.3 is 0 Å². The van der Waals surface area contributed by atoms with Gasteiger partial charge in [0.25, 0.3) is 0 Å². The highest BCUT2D eigenvalue weighted by atomic mass is 16.5. The molecule has 0 aromatic rings. The van der Waals surface area contributed by atoms with Crippen LogP contribution < -0.4 is 5.73 Å². The minimum Gasteiger partial charge on any atom is -0.381 e. The van der Waals surface area contributed by atoms with Gasteiger partial charge in [0.1, 0.15) is 0 Å². The number of hydrogen-bond acceptors (Lipinski definition) is 3. The van der Waals surface area contributed by atoms with Gasteiger partial charge in [0, 0.05) is 31.2 Å². The van der Waals surface area contributed by atoms with E-state index >= 15 is 0 Å². The fourth-order valence-corrected chi connectivity index (χ4v) is 2.81. The Bertz CT molecular complexity index is 191. The molecular weight excluding hydrogens is 212 g/mol. The van der Waals surface area contributed by atoms with Gasteiger partial charge in [-0.3, -0.25) is 4.90 Å². The lowest BCUT2D eigenvalue weighted by Crippen LogP contribution is -2.49. The van der Waals surface area contributed by atoms with E-state index in [-0.39, 0.29) is 0 Å². The van der Waals surface area contributed by atoms with Gasteiger partial charge < -0.3 is 10.5 Å². The number of unbranched alkanes of at least 4 members (excludes halogenated alkanes) is 2. The van der Waals surface area contributed by atoms with Crippen LogP contribution in [0.2, 0.25) is 0 Å². The van der Waals surface area contributed by atoms with Crippen molar-refractivity contribution in [3.63, 3.8) is 0 Å². The monoisotopic (exact) mass is 242 g/mol. The number of ether oxygens (including phenoxy) is 1. The lowest BCUT2D eigenvalue weighted by atomic mass is 9.96. The molecule has 0 saturated carbocycles. The minimum atomic E-state index is 0.509. The van der Waals surface area contributed by atoms with Crippen LogP contribution in [-0.2, 0) is 4.74 Å². The van der Waals surface area contributed by atoms with E-state index in [1.54, 1.807) is 0 Å². The fourth-order valence-electron chi connectivity index (χ4n) is 2.81. The summed E-state index contributed by atoms with van der Waals surface area (Å²) in [6.07, 6.45) is 5.07. The molecule has 3 heteroatoms. The maximum atomic E-state index is 6.00. The molecule has 0 aliphatic carbocycles. The molecule has 102 valence electrons. The van der Waals surface area contributed by atoms with Gasteiger partial charge in [-0.05, 0) is 33.2 Å². The van der Waals surface area contributed by atoms with E-state index < -0.39 is 0 Å². The van der Waals surface area contributed by atoms with Gasteiger partial charge in [-0.15, -0.1) is 0 Å². The largest absolute Gasteiger partial charge is 0.381 e. The first kappa shape index (κ1) is 14.9. The van der Waals surface area contributed by atoms with Crippen LogP contribution in [0.3, 0.4) is 0 Å². The van der Waals surface area contributed by atoms with Crippen LogP contribution in [-0.4, -0.2) is 43.3 Å². The van der Waals surface area contributed by atoms with Gasteiger partial charge in [-0.25, -0.2) is 0 Å². The van der Waals surface area contributed by atoms with E-state index in [9.17, 15) is 0 Å². The Kier molecular flexibility index (Phi) is 7.09. The first-order chi connectivity index (χ1) is 8.20. The minimum absolute atomic E-state index is 0.509. The molecule has 0 spiro atoms. The van der Waals surface area contributed by atoms with Crippen LogP contribution in [0.4, 0.5) is 0 Å². The van der Waals surface area contributed by atoms with E-state index in [1.165, 1.54) is 32.2 Å². The van der Waals surface area contributed by atoms with Crippen molar-refractivity contribution >= 4 is 0 Å². The predicted molar refractivity (Wildman–Crippen MR) is 73.1 cm³/mol. The molecule has 1 aliphatic heterocycles. The maximum absolute atomic E-state index is 6.00. The Balaban J connectivity index is 2.52. The number of hydrogen-bond donors (Lipinski definition) is 1. The highest BCUT2D eigenvalue weighted by Gasteiger charge is 2.30. The summed E-state index contributed by atoms with van der Waals surface area (Å²) in [7, 11) is 0. The third-order valence-corrected chi connectivity index (χ3v) is 3.86. The van der Waals surface area contributed by atoms with Crippen molar-refractivity contribution in [1.82, 2.24) is 4.90 Å². The van der Waals surface area contributed by atoms with E-state index in [0.717, 1.165) is 19.8 Å². The van der Waals surface area contributed by atoms with Crippen LogP contribution in [0.15, 0.2) is 0 Å². The molecule has 1 fully saturated rings. The second-order valence-corrected chi connectivity index (χ2v) is 5.47. The standard InChI is InChI=1S/C14H30N2O/c1-4-5-6-8-16(12(2)3)14(10-15)13-7-9-17-11-13/h12-14H,4-11,15H2,1-3H3. The molecule has 1 rings (SSSR count). The van der Waals surface area contributed by atoms with Gasteiger partial charge in [-0.1, -0.05) is 19.8 Å². The highest BCUT2D eigenvalue weighted by molar-refractivity contribution is 4.84. The molecule has 17 heavy (non-hydrogen) atoms. The molecule has 1 aliphatic rings. The number of nitrogens with two attached hydrogens (primary N) is 1. The Hall–Kier alpha value is -0.120. The number of nitrogens with zero attached hydrogens (tertiary/aromatic N) is 1. The summed E-state index contributed by atoms with van der Waals surface area (Å²) in [4.78, 5) is 2.59. The van der Waals surface area contributed by atoms with Crippen molar-refractivity contribution in [2.75, 3.05) is 26.3 Å². The molecule has 0 amide bonds. The van der Waals surface area contributed by atoms with Crippen molar-refractivity contribution in [2.45, 2.75) is 58.5 Å². The second kappa shape index (κ2) is 8.06. The van der Waals surface area contributed by atoms with Gasteiger partial charge in [0.15, 0.2) is 0 Å². The summed E-state index contributed by atoms with van der Waals surface area (Å²) in [6, 6.07) is 1.09. The molecule has 0 bridgehead atoms. The first-order valence-corrected chi connectivity index (χ1v) is 7.24. The van der Waals surface area contributed by atoms with E-state index in [4.69, 9.17) is 10.5 Å². The summed E-state index contributed by atoms with van der Waals surface area (Å²) in [5.74, 6) is 0.643. The zero-order chi connectivity index (χ0) is 12.7. The number of rotatable bonds is 8. The van der Waals surface area contributed by atoms with Crippen molar-refractivity contribution in [2.24, 2.45) is 11.7 Å². The van der Waals surface area contributed by atoms with Crippen LogP contribution in [0.25, 0.3) is 0 Å². The normalized spacial score (nSPS) is 22.6. The van der Waals surface area contributed by atoms with Gasteiger partial charge in [-0.2, -0.15) is 0 Å². The third-order valence-electron chi connectivity index (χ3n) is 3.86. The average Bonchev–Trinajstić information content (AvgIpc) is 2.81. The summed E-state index contributed by atoms with van der Waals surface area (Å²) in [5, 5.41) is 0. The molecular formula is C14H30N2O.